The van der Waals surface area contributed by atoms with Crippen molar-refractivity contribution in [1.29, 1.82) is 0 Å². The molecule has 1 unspecified atom stereocenters. The van der Waals surface area contributed by atoms with E-state index in [4.69, 9.17) is 12.2 Å². The summed E-state index contributed by atoms with van der Waals surface area (Å²) in [6.07, 6.45) is 0. The number of fused-ring (bicyclic) bond motifs is 1. The Labute approximate surface area is 127 Å². The fourth-order valence-corrected chi connectivity index (χ4v) is 3.08. The molecule has 0 aliphatic heterocycles. The summed E-state index contributed by atoms with van der Waals surface area (Å²) in [4.78, 5) is 5.51. The second kappa shape index (κ2) is 5.77. The molecule has 1 heterocycles. The van der Waals surface area contributed by atoms with Crippen LogP contribution < -0.4 is 0 Å². The molecule has 0 radical (unpaired) electrons. The minimum Gasteiger partial charge on any atom is -0.331 e. The molecule has 104 valence electrons. The molecule has 0 spiro atoms. The van der Waals surface area contributed by atoms with Crippen molar-refractivity contribution in [2.75, 3.05) is 20.6 Å². The lowest BCUT2D eigenvalue weighted by Gasteiger charge is -2.26. The molecule has 1 atom stereocenters. The van der Waals surface area contributed by atoms with Crippen molar-refractivity contribution in [3.63, 3.8) is 0 Å². The molecule has 3 nitrogen and oxygen atoms in total. The minimum atomic E-state index is 0.366. The Kier molecular flexibility index (Phi) is 4.48. The molecule has 0 aliphatic rings. The van der Waals surface area contributed by atoms with Crippen LogP contribution in [-0.2, 0) is 0 Å². The van der Waals surface area contributed by atoms with Crippen molar-refractivity contribution in [2.24, 2.45) is 5.92 Å². The molecule has 2 rings (SSSR count). The van der Waals surface area contributed by atoms with Crippen LogP contribution in [0.15, 0.2) is 22.7 Å². The van der Waals surface area contributed by atoms with Gasteiger partial charge in [0.2, 0.25) is 0 Å². The monoisotopic (exact) mass is 341 g/mol. The van der Waals surface area contributed by atoms with Gasteiger partial charge in [0.15, 0.2) is 4.77 Å². The van der Waals surface area contributed by atoms with Crippen LogP contribution in [0.3, 0.4) is 0 Å². The van der Waals surface area contributed by atoms with E-state index in [1.807, 2.05) is 6.07 Å². The third kappa shape index (κ3) is 3.09. The first-order valence-electron chi connectivity index (χ1n) is 6.44. The van der Waals surface area contributed by atoms with E-state index in [1.54, 1.807) is 0 Å². The number of aromatic amines is 1. The molecule has 1 aromatic carbocycles. The topological polar surface area (TPSA) is 24.0 Å². The summed E-state index contributed by atoms with van der Waals surface area (Å²) >= 11 is 9.06. The highest BCUT2D eigenvalue weighted by atomic mass is 79.9. The van der Waals surface area contributed by atoms with Gasteiger partial charge in [0.25, 0.3) is 0 Å². The van der Waals surface area contributed by atoms with E-state index in [1.165, 1.54) is 5.52 Å². The number of hydrogen-bond donors (Lipinski definition) is 1. The molecule has 5 heteroatoms. The van der Waals surface area contributed by atoms with Gasteiger partial charge in [-0.15, -0.1) is 0 Å². The largest absolute Gasteiger partial charge is 0.331 e. The lowest BCUT2D eigenvalue weighted by Crippen LogP contribution is -2.28. The van der Waals surface area contributed by atoms with Crippen LogP contribution >= 0.6 is 28.1 Å². The van der Waals surface area contributed by atoms with E-state index in [0.717, 1.165) is 21.3 Å². The maximum absolute atomic E-state index is 5.52. The van der Waals surface area contributed by atoms with Crippen molar-refractivity contribution < 1.29 is 0 Å². The number of imidazole rings is 1. The maximum atomic E-state index is 5.52. The Morgan fingerprint density at radius 2 is 2.05 bits per heavy atom. The van der Waals surface area contributed by atoms with Crippen LogP contribution in [0.2, 0.25) is 0 Å². The highest BCUT2D eigenvalue weighted by Crippen LogP contribution is 2.27. The zero-order chi connectivity index (χ0) is 14.2. The van der Waals surface area contributed by atoms with Gasteiger partial charge in [-0.25, -0.2) is 0 Å². The Bertz CT molecular complexity index is 627. The van der Waals surface area contributed by atoms with Crippen LogP contribution in [0.5, 0.6) is 0 Å². The third-order valence-corrected chi connectivity index (χ3v) is 4.13. The van der Waals surface area contributed by atoms with Gasteiger partial charge in [-0.3, -0.25) is 0 Å². The quantitative estimate of drug-likeness (QED) is 0.841. The zero-order valence-corrected chi connectivity index (χ0v) is 14.2. The summed E-state index contributed by atoms with van der Waals surface area (Å²) in [5.74, 6) is 0.520. The van der Waals surface area contributed by atoms with E-state index >= 15 is 0 Å². The van der Waals surface area contributed by atoms with E-state index < -0.39 is 0 Å². The summed E-state index contributed by atoms with van der Waals surface area (Å²) in [6, 6.07) is 6.60. The van der Waals surface area contributed by atoms with Gasteiger partial charge in [-0.1, -0.05) is 29.8 Å². The lowest BCUT2D eigenvalue weighted by atomic mass is 10.0. The number of likely N-dealkylation sites (N-methyl/N-ethyl adjacent to an activating group) is 1. The minimum absolute atomic E-state index is 0.366. The molecular weight excluding hydrogens is 322 g/mol. The number of halogens is 1. The first-order valence-corrected chi connectivity index (χ1v) is 7.64. The number of hydrogen-bond acceptors (Lipinski definition) is 2. The summed E-state index contributed by atoms with van der Waals surface area (Å²) < 4.78 is 4.13. The van der Waals surface area contributed by atoms with Crippen LogP contribution in [0.25, 0.3) is 11.0 Å². The molecule has 0 aliphatic carbocycles. The standard InChI is InChI=1S/C14H20BrN3S/c1-9(2)13(8-17(3)4)18-12-7-10(15)5-6-11(12)16-14(18)19/h5-7,9,13H,8H2,1-4H3,(H,16,19). The molecule has 0 saturated heterocycles. The SMILES string of the molecule is CC(C)C(CN(C)C)n1c(=S)[nH]c2ccc(Br)cc21. The zero-order valence-electron chi connectivity index (χ0n) is 11.8. The molecule has 0 saturated carbocycles. The lowest BCUT2D eigenvalue weighted by molar-refractivity contribution is 0.272. The first-order chi connectivity index (χ1) is 8.90. The number of H-pyrrole nitrogens is 1. The Hall–Kier alpha value is -0.650. The number of nitrogens with zero attached hydrogens (tertiary/aromatic N) is 2. The van der Waals surface area contributed by atoms with Crippen molar-refractivity contribution in [2.45, 2.75) is 19.9 Å². The Morgan fingerprint density at radius 3 is 2.63 bits per heavy atom. The summed E-state index contributed by atoms with van der Waals surface area (Å²) in [5, 5.41) is 0. The third-order valence-electron chi connectivity index (χ3n) is 3.33. The van der Waals surface area contributed by atoms with Crippen molar-refractivity contribution in [3.05, 3.63) is 27.4 Å². The second-order valence-electron chi connectivity index (χ2n) is 5.54. The highest BCUT2D eigenvalue weighted by Gasteiger charge is 2.20. The van der Waals surface area contributed by atoms with E-state index in [-0.39, 0.29) is 0 Å². The molecule has 1 N–H and O–H groups in total. The number of nitrogens with one attached hydrogen (secondary N) is 1. The van der Waals surface area contributed by atoms with Gasteiger partial charge in [0.1, 0.15) is 0 Å². The predicted octanol–water partition coefficient (Wildman–Crippen LogP) is 4.22. The average Bonchev–Trinajstić information content (AvgIpc) is 2.61. The fourth-order valence-electron chi connectivity index (χ4n) is 2.39. The summed E-state index contributed by atoms with van der Waals surface area (Å²) in [5.41, 5.74) is 2.26. The van der Waals surface area contributed by atoms with Gasteiger partial charge in [-0.2, -0.15) is 0 Å². The smallest absolute Gasteiger partial charge is 0.178 e. The average molecular weight is 342 g/mol. The highest BCUT2D eigenvalue weighted by molar-refractivity contribution is 9.10. The van der Waals surface area contributed by atoms with Gasteiger partial charge in [0.05, 0.1) is 17.1 Å². The van der Waals surface area contributed by atoms with E-state index in [0.29, 0.717) is 12.0 Å². The maximum Gasteiger partial charge on any atom is 0.178 e. The van der Waals surface area contributed by atoms with E-state index in [9.17, 15) is 0 Å². The second-order valence-corrected chi connectivity index (χ2v) is 6.84. The molecule has 0 fully saturated rings. The van der Waals surface area contributed by atoms with Gasteiger partial charge in [0, 0.05) is 11.0 Å². The first kappa shape index (κ1) is 14.8. The molecule has 19 heavy (non-hydrogen) atoms. The Morgan fingerprint density at radius 1 is 1.37 bits per heavy atom. The molecule has 0 bridgehead atoms. The molecule has 1 aromatic heterocycles. The molecular formula is C14H20BrN3S. The summed E-state index contributed by atoms with van der Waals surface area (Å²) in [7, 11) is 4.20. The number of aromatic nitrogens is 2. The van der Waals surface area contributed by atoms with Crippen LogP contribution in [0, 0.1) is 10.7 Å². The fraction of sp³-hybridized carbons (Fsp3) is 0.500. The van der Waals surface area contributed by atoms with Gasteiger partial charge < -0.3 is 14.5 Å². The number of rotatable bonds is 4. The molecule has 0 amide bonds. The van der Waals surface area contributed by atoms with Crippen molar-refractivity contribution in [1.82, 2.24) is 14.5 Å². The van der Waals surface area contributed by atoms with Crippen LogP contribution in [0.1, 0.15) is 19.9 Å². The van der Waals surface area contributed by atoms with Gasteiger partial charge >= 0.3 is 0 Å². The Balaban J connectivity index is 2.61. The normalized spacial score (nSPS) is 13.6. The van der Waals surface area contributed by atoms with Gasteiger partial charge in [-0.05, 0) is 50.4 Å². The molecule has 2 aromatic rings. The van der Waals surface area contributed by atoms with Crippen molar-refractivity contribution >= 4 is 39.2 Å². The van der Waals surface area contributed by atoms with Crippen LogP contribution in [0.4, 0.5) is 0 Å². The van der Waals surface area contributed by atoms with E-state index in [2.05, 4.69) is 70.5 Å². The van der Waals surface area contributed by atoms with Crippen molar-refractivity contribution in [3.8, 4) is 0 Å². The predicted molar refractivity (Wildman–Crippen MR) is 87.3 cm³/mol. The van der Waals surface area contributed by atoms with Crippen LogP contribution in [-0.4, -0.2) is 35.1 Å². The number of benzene rings is 1. The summed E-state index contributed by atoms with van der Waals surface area (Å²) in [6.45, 7) is 5.46.